The maximum absolute atomic E-state index is 8.49. The van der Waals surface area contributed by atoms with Gasteiger partial charge in [0.25, 0.3) is 0 Å². The zero-order valence-corrected chi connectivity index (χ0v) is 8.75. The number of hydrogen-bond donors (Lipinski definition) is 2. The Morgan fingerprint density at radius 2 is 2.31 bits per heavy atom. The Balaban J connectivity index is 2.21. The molecule has 5 nitrogen and oxygen atoms in total. The number of oxime groups is 1. The first-order valence-corrected chi connectivity index (χ1v) is 4.82. The van der Waals surface area contributed by atoms with Crippen molar-refractivity contribution in [2.24, 2.45) is 10.9 Å². The van der Waals surface area contributed by atoms with Crippen molar-refractivity contribution in [2.75, 3.05) is 0 Å². The molecule has 0 fully saturated rings. The molecular weight excluding hydrogens is 208 g/mol. The van der Waals surface area contributed by atoms with E-state index in [0.29, 0.717) is 5.75 Å². The fourth-order valence-corrected chi connectivity index (χ4v) is 1.35. The van der Waals surface area contributed by atoms with E-state index >= 15 is 0 Å². The quantitative estimate of drug-likeness (QED) is 0.358. The van der Waals surface area contributed by atoms with Gasteiger partial charge in [0.1, 0.15) is 11.3 Å². The summed E-state index contributed by atoms with van der Waals surface area (Å²) in [5, 5.41) is 12.4. The molecule has 0 aliphatic heterocycles. The van der Waals surface area contributed by atoms with Crippen molar-refractivity contribution < 1.29 is 14.4 Å². The van der Waals surface area contributed by atoms with Crippen molar-refractivity contribution in [1.29, 1.82) is 0 Å². The first-order chi connectivity index (χ1) is 7.70. The second-order valence-corrected chi connectivity index (χ2v) is 3.41. The highest BCUT2D eigenvalue weighted by atomic mass is 16.5. The zero-order chi connectivity index (χ0) is 11.5. The normalized spacial score (nSPS) is 13.9. The van der Waals surface area contributed by atoms with Crippen molar-refractivity contribution in [3.05, 3.63) is 30.5 Å². The summed E-state index contributed by atoms with van der Waals surface area (Å²) in [6.07, 6.45) is 1.12. The fraction of sp³-hybridized carbons (Fsp3) is 0.182. The lowest BCUT2D eigenvalue weighted by molar-refractivity contribution is 0.265. The highest BCUT2D eigenvalue weighted by Gasteiger charge is 2.09. The van der Waals surface area contributed by atoms with Crippen molar-refractivity contribution in [2.45, 2.75) is 13.0 Å². The van der Waals surface area contributed by atoms with Gasteiger partial charge in [0, 0.05) is 11.5 Å². The van der Waals surface area contributed by atoms with Crippen LogP contribution in [0.3, 0.4) is 0 Å². The van der Waals surface area contributed by atoms with Crippen LogP contribution in [0.4, 0.5) is 0 Å². The lowest BCUT2D eigenvalue weighted by atomic mass is 10.2. The molecule has 5 heteroatoms. The summed E-state index contributed by atoms with van der Waals surface area (Å²) >= 11 is 0. The van der Waals surface area contributed by atoms with Gasteiger partial charge in [-0.3, -0.25) is 0 Å². The first kappa shape index (κ1) is 10.4. The molecular formula is C11H12N2O3. The highest BCUT2D eigenvalue weighted by Crippen LogP contribution is 2.22. The molecule has 16 heavy (non-hydrogen) atoms. The van der Waals surface area contributed by atoms with Crippen LogP contribution in [0.1, 0.15) is 6.92 Å². The van der Waals surface area contributed by atoms with Crippen molar-refractivity contribution in [3.8, 4) is 5.75 Å². The van der Waals surface area contributed by atoms with E-state index in [0.717, 1.165) is 11.0 Å². The van der Waals surface area contributed by atoms with Crippen LogP contribution < -0.4 is 10.5 Å². The summed E-state index contributed by atoms with van der Waals surface area (Å²) in [4.78, 5) is 0. The average Bonchev–Trinajstić information content (AvgIpc) is 2.75. The number of nitrogens with zero attached hydrogens (tertiary/aromatic N) is 1. The Hall–Kier alpha value is -2.17. The second kappa shape index (κ2) is 4.14. The summed E-state index contributed by atoms with van der Waals surface area (Å²) in [7, 11) is 0. The molecule has 1 unspecified atom stereocenters. The Bertz CT molecular complexity index is 519. The third-order valence-corrected chi connectivity index (χ3v) is 2.27. The van der Waals surface area contributed by atoms with E-state index in [4.69, 9.17) is 20.1 Å². The van der Waals surface area contributed by atoms with Gasteiger partial charge in [0.05, 0.1) is 6.26 Å². The molecule has 1 atom stereocenters. The SMILES string of the molecule is CC(Oc1ccc2ccoc2c1)/C(N)=N\O. The number of furan rings is 1. The van der Waals surface area contributed by atoms with E-state index in [1.807, 2.05) is 12.1 Å². The number of rotatable bonds is 3. The van der Waals surface area contributed by atoms with Gasteiger partial charge in [0.15, 0.2) is 11.9 Å². The topological polar surface area (TPSA) is 81.0 Å². The van der Waals surface area contributed by atoms with Crippen molar-refractivity contribution >= 4 is 16.8 Å². The van der Waals surface area contributed by atoms with Crippen LogP contribution in [0.5, 0.6) is 5.75 Å². The molecule has 2 aromatic rings. The Morgan fingerprint density at radius 1 is 1.50 bits per heavy atom. The third-order valence-electron chi connectivity index (χ3n) is 2.27. The first-order valence-electron chi connectivity index (χ1n) is 4.82. The molecule has 3 N–H and O–H groups in total. The molecule has 0 aliphatic carbocycles. The fourth-order valence-electron chi connectivity index (χ4n) is 1.35. The standard InChI is InChI=1S/C11H12N2O3/c1-7(11(12)13-14)16-9-3-2-8-4-5-15-10(8)6-9/h2-7,14H,1H3,(H2,12,13). The summed E-state index contributed by atoms with van der Waals surface area (Å²) < 4.78 is 10.7. The van der Waals surface area contributed by atoms with Crippen LogP contribution in [-0.2, 0) is 0 Å². The summed E-state index contributed by atoms with van der Waals surface area (Å²) in [6.45, 7) is 1.70. The Morgan fingerprint density at radius 3 is 3.06 bits per heavy atom. The molecule has 1 aromatic heterocycles. The molecule has 0 saturated carbocycles. The molecule has 1 heterocycles. The van der Waals surface area contributed by atoms with Crippen LogP contribution in [0.25, 0.3) is 11.0 Å². The lowest BCUT2D eigenvalue weighted by Crippen LogP contribution is -2.31. The van der Waals surface area contributed by atoms with Crippen LogP contribution in [0.2, 0.25) is 0 Å². The molecule has 1 aromatic carbocycles. The molecule has 2 rings (SSSR count). The number of amidine groups is 1. The number of fused-ring (bicyclic) bond motifs is 1. The number of benzene rings is 1. The molecule has 0 radical (unpaired) electrons. The van der Waals surface area contributed by atoms with Gasteiger partial charge in [-0.1, -0.05) is 5.16 Å². The lowest BCUT2D eigenvalue weighted by Gasteiger charge is -2.12. The van der Waals surface area contributed by atoms with Gasteiger partial charge in [0.2, 0.25) is 0 Å². The smallest absolute Gasteiger partial charge is 0.180 e. The van der Waals surface area contributed by atoms with Gasteiger partial charge >= 0.3 is 0 Å². The van der Waals surface area contributed by atoms with E-state index in [-0.39, 0.29) is 5.84 Å². The monoisotopic (exact) mass is 220 g/mol. The summed E-state index contributed by atoms with van der Waals surface area (Å²) in [5.74, 6) is 0.640. The minimum Gasteiger partial charge on any atom is -0.483 e. The Kier molecular flexibility index (Phi) is 2.68. The molecule has 0 saturated heterocycles. The van der Waals surface area contributed by atoms with Gasteiger partial charge in [-0.05, 0) is 25.1 Å². The molecule has 0 bridgehead atoms. The van der Waals surface area contributed by atoms with Gasteiger partial charge < -0.3 is 20.1 Å². The molecule has 0 aliphatic rings. The third kappa shape index (κ3) is 1.93. The van der Waals surface area contributed by atoms with E-state index in [9.17, 15) is 0 Å². The zero-order valence-electron chi connectivity index (χ0n) is 8.75. The number of nitrogens with two attached hydrogens (primary N) is 1. The van der Waals surface area contributed by atoms with E-state index in [1.54, 1.807) is 25.3 Å². The van der Waals surface area contributed by atoms with Crippen molar-refractivity contribution in [3.63, 3.8) is 0 Å². The summed E-state index contributed by atoms with van der Waals surface area (Å²) in [5.41, 5.74) is 6.15. The van der Waals surface area contributed by atoms with Gasteiger partial charge in [-0.2, -0.15) is 0 Å². The van der Waals surface area contributed by atoms with Crippen LogP contribution >= 0.6 is 0 Å². The molecule has 84 valence electrons. The van der Waals surface area contributed by atoms with Crippen LogP contribution in [-0.4, -0.2) is 17.1 Å². The number of hydrogen-bond acceptors (Lipinski definition) is 4. The van der Waals surface area contributed by atoms with Crippen LogP contribution in [0, 0.1) is 0 Å². The maximum Gasteiger partial charge on any atom is 0.180 e. The highest BCUT2D eigenvalue weighted by molar-refractivity contribution is 5.84. The van der Waals surface area contributed by atoms with E-state index < -0.39 is 6.10 Å². The van der Waals surface area contributed by atoms with Gasteiger partial charge in [-0.15, -0.1) is 0 Å². The maximum atomic E-state index is 8.49. The average molecular weight is 220 g/mol. The minimum atomic E-state index is -0.489. The Labute approximate surface area is 92.1 Å². The van der Waals surface area contributed by atoms with Gasteiger partial charge in [-0.25, -0.2) is 0 Å². The van der Waals surface area contributed by atoms with Crippen LogP contribution in [0.15, 0.2) is 40.1 Å². The predicted octanol–water partition coefficient (Wildman–Crippen LogP) is 1.95. The second-order valence-electron chi connectivity index (χ2n) is 3.41. The number of ether oxygens (including phenoxy) is 1. The minimum absolute atomic E-state index is 0.0274. The summed E-state index contributed by atoms with van der Waals surface area (Å²) in [6, 6.07) is 7.31. The van der Waals surface area contributed by atoms with Crippen molar-refractivity contribution in [1.82, 2.24) is 0 Å². The van der Waals surface area contributed by atoms with E-state index in [1.165, 1.54) is 0 Å². The molecule has 0 amide bonds. The molecule has 0 spiro atoms. The predicted molar refractivity (Wildman–Crippen MR) is 59.7 cm³/mol. The van der Waals surface area contributed by atoms with E-state index in [2.05, 4.69) is 5.16 Å². The largest absolute Gasteiger partial charge is 0.483 e.